The van der Waals surface area contributed by atoms with E-state index >= 15 is 0 Å². The molecular formula is C7H14N2O. The largest absolute Gasteiger partial charge is 0.358 e. The lowest BCUT2D eigenvalue weighted by molar-refractivity contribution is -0.0590. The van der Waals surface area contributed by atoms with Gasteiger partial charge in [-0.2, -0.15) is 0 Å². The molecule has 10 heavy (non-hydrogen) atoms. The van der Waals surface area contributed by atoms with E-state index in [2.05, 4.69) is 11.9 Å². The minimum Gasteiger partial charge on any atom is -0.358 e. The van der Waals surface area contributed by atoms with E-state index in [9.17, 15) is 0 Å². The van der Waals surface area contributed by atoms with Crippen LogP contribution in [0.25, 0.3) is 0 Å². The molecule has 0 spiro atoms. The molecule has 1 fully saturated rings. The Balaban J connectivity index is 2.39. The molecule has 0 aromatic heterocycles. The Morgan fingerprint density at radius 3 is 3.10 bits per heavy atom. The summed E-state index contributed by atoms with van der Waals surface area (Å²) in [6.07, 6.45) is 2.49. The fourth-order valence-electron chi connectivity index (χ4n) is 1.05. The monoisotopic (exact) mass is 142 g/mol. The Kier molecular flexibility index (Phi) is 2.43. The van der Waals surface area contributed by atoms with E-state index in [-0.39, 0.29) is 0 Å². The summed E-state index contributed by atoms with van der Waals surface area (Å²) >= 11 is 0. The van der Waals surface area contributed by atoms with Crippen LogP contribution >= 0.6 is 0 Å². The van der Waals surface area contributed by atoms with Crippen LogP contribution in [0, 0.1) is 0 Å². The van der Waals surface area contributed by atoms with Crippen LogP contribution in [0.4, 0.5) is 0 Å². The van der Waals surface area contributed by atoms with Crippen LogP contribution in [0.15, 0.2) is 12.7 Å². The molecule has 1 rings (SSSR count). The Morgan fingerprint density at radius 2 is 2.60 bits per heavy atom. The molecule has 0 saturated carbocycles. The van der Waals surface area contributed by atoms with Crippen LogP contribution in [0.3, 0.4) is 0 Å². The van der Waals surface area contributed by atoms with E-state index in [1.54, 1.807) is 6.08 Å². The molecule has 1 saturated heterocycles. The molecular weight excluding hydrogens is 128 g/mol. The first-order chi connectivity index (χ1) is 4.77. The van der Waals surface area contributed by atoms with Crippen LogP contribution in [-0.2, 0) is 4.74 Å². The van der Waals surface area contributed by atoms with Crippen LogP contribution < -0.4 is 11.1 Å². The van der Waals surface area contributed by atoms with Gasteiger partial charge in [-0.05, 0) is 0 Å². The molecule has 3 nitrogen and oxygen atoms in total. The smallest absolute Gasteiger partial charge is 0.132 e. The fraction of sp³-hybridized carbons (Fsp3) is 0.714. The number of hydrogen-bond donors (Lipinski definition) is 2. The highest BCUT2D eigenvalue weighted by atomic mass is 16.5. The van der Waals surface area contributed by atoms with E-state index < -0.39 is 5.72 Å². The van der Waals surface area contributed by atoms with Gasteiger partial charge in [-0.15, -0.1) is 6.58 Å². The van der Waals surface area contributed by atoms with E-state index in [0.29, 0.717) is 13.0 Å². The van der Waals surface area contributed by atoms with Gasteiger partial charge >= 0.3 is 0 Å². The van der Waals surface area contributed by atoms with Crippen molar-refractivity contribution in [1.29, 1.82) is 0 Å². The second kappa shape index (κ2) is 3.14. The molecule has 1 unspecified atom stereocenters. The standard InChI is InChI=1S/C7H14N2O/c1-2-3-7(8)6-9-4-5-10-7/h2,9H,1,3-6,8H2. The first-order valence-corrected chi connectivity index (χ1v) is 3.51. The quantitative estimate of drug-likeness (QED) is 0.526. The first kappa shape index (κ1) is 7.72. The molecule has 0 radical (unpaired) electrons. The summed E-state index contributed by atoms with van der Waals surface area (Å²) in [7, 11) is 0. The number of nitrogens with two attached hydrogens (primary N) is 1. The van der Waals surface area contributed by atoms with Gasteiger partial charge in [-0.1, -0.05) is 6.08 Å². The number of nitrogens with one attached hydrogen (secondary N) is 1. The average Bonchev–Trinajstić information content (AvgIpc) is 1.89. The molecule has 1 aliphatic rings. The zero-order valence-electron chi connectivity index (χ0n) is 6.10. The Labute approximate surface area is 61.2 Å². The zero-order valence-corrected chi connectivity index (χ0v) is 6.10. The number of hydrogen-bond acceptors (Lipinski definition) is 3. The molecule has 0 bridgehead atoms. The highest BCUT2D eigenvalue weighted by molar-refractivity contribution is 4.87. The van der Waals surface area contributed by atoms with Crippen LogP contribution in [0.5, 0.6) is 0 Å². The molecule has 0 aromatic carbocycles. The minimum atomic E-state index is -0.500. The van der Waals surface area contributed by atoms with Gasteiger partial charge in [0.15, 0.2) is 0 Å². The van der Waals surface area contributed by atoms with Crippen molar-refractivity contribution in [2.24, 2.45) is 5.73 Å². The lowest BCUT2D eigenvalue weighted by Crippen LogP contribution is -2.55. The van der Waals surface area contributed by atoms with Gasteiger partial charge in [-0.25, -0.2) is 0 Å². The maximum absolute atomic E-state index is 5.81. The maximum atomic E-state index is 5.81. The van der Waals surface area contributed by atoms with Crippen LogP contribution in [-0.4, -0.2) is 25.4 Å². The Hall–Kier alpha value is -0.380. The van der Waals surface area contributed by atoms with Gasteiger partial charge in [0.05, 0.1) is 6.61 Å². The Bertz CT molecular complexity index is 119. The first-order valence-electron chi connectivity index (χ1n) is 3.51. The molecule has 0 aliphatic carbocycles. The van der Waals surface area contributed by atoms with Crippen molar-refractivity contribution in [3.63, 3.8) is 0 Å². The third kappa shape index (κ3) is 1.80. The van der Waals surface area contributed by atoms with Crippen LogP contribution in [0.1, 0.15) is 6.42 Å². The summed E-state index contributed by atoms with van der Waals surface area (Å²) in [5.74, 6) is 0. The summed E-state index contributed by atoms with van der Waals surface area (Å²) in [5, 5.41) is 3.16. The van der Waals surface area contributed by atoms with Gasteiger partial charge < -0.3 is 15.8 Å². The van der Waals surface area contributed by atoms with Crippen molar-refractivity contribution >= 4 is 0 Å². The molecule has 3 heteroatoms. The fourth-order valence-corrected chi connectivity index (χ4v) is 1.05. The van der Waals surface area contributed by atoms with Crippen molar-refractivity contribution in [3.8, 4) is 0 Å². The normalized spacial score (nSPS) is 33.7. The molecule has 1 aliphatic heterocycles. The molecule has 1 atom stereocenters. The van der Waals surface area contributed by atoms with Crippen molar-refractivity contribution in [2.75, 3.05) is 19.7 Å². The third-order valence-corrected chi connectivity index (χ3v) is 1.58. The minimum absolute atomic E-state index is 0.500. The summed E-state index contributed by atoms with van der Waals surface area (Å²) < 4.78 is 5.35. The highest BCUT2D eigenvalue weighted by Crippen LogP contribution is 2.10. The van der Waals surface area contributed by atoms with Gasteiger partial charge in [0.2, 0.25) is 0 Å². The maximum Gasteiger partial charge on any atom is 0.132 e. The number of morpholine rings is 1. The number of rotatable bonds is 2. The number of ether oxygens (including phenoxy) is 1. The molecule has 0 aromatic rings. The summed E-state index contributed by atoms with van der Waals surface area (Å²) in [4.78, 5) is 0. The Morgan fingerprint density at radius 1 is 1.80 bits per heavy atom. The summed E-state index contributed by atoms with van der Waals surface area (Å²) in [5.41, 5.74) is 5.31. The van der Waals surface area contributed by atoms with E-state index in [1.165, 1.54) is 0 Å². The second-order valence-corrected chi connectivity index (χ2v) is 2.58. The molecule has 58 valence electrons. The summed E-state index contributed by atoms with van der Waals surface area (Å²) in [6, 6.07) is 0. The van der Waals surface area contributed by atoms with Gasteiger partial charge in [0.25, 0.3) is 0 Å². The van der Waals surface area contributed by atoms with Crippen molar-refractivity contribution < 1.29 is 4.74 Å². The van der Waals surface area contributed by atoms with Crippen molar-refractivity contribution in [2.45, 2.75) is 12.1 Å². The zero-order chi connectivity index (χ0) is 7.45. The van der Waals surface area contributed by atoms with Gasteiger partial charge in [0, 0.05) is 19.5 Å². The van der Waals surface area contributed by atoms with Crippen LogP contribution in [0.2, 0.25) is 0 Å². The predicted octanol–water partition coefficient (Wildman–Crippen LogP) is -0.163. The molecule has 0 amide bonds. The topological polar surface area (TPSA) is 47.3 Å². The van der Waals surface area contributed by atoms with Crippen molar-refractivity contribution in [3.05, 3.63) is 12.7 Å². The highest BCUT2D eigenvalue weighted by Gasteiger charge is 2.26. The lowest BCUT2D eigenvalue weighted by atomic mass is 10.1. The third-order valence-electron chi connectivity index (χ3n) is 1.58. The van der Waals surface area contributed by atoms with E-state index in [1.807, 2.05) is 0 Å². The van der Waals surface area contributed by atoms with E-state index in [0.717, 1.165) is 13.1 Å². The SMILES string of the molecule is C=CCC1(N)CNCCO1. The van der Waals surface area contributed by atoms with Gasteiger partial charge in [0.1, 0.15) is 5.72 Å². The average molecular weight is 142 g/mol. The predicted molar refractivity (Wildman–Crippen MR) is 40.6 cm³/mol. The van der Waals surface area contributed by atoms with Gasteiger partial charge in [-0.3, -0.25) is 0 Å². The van der Waals surface area contributed by atoms with Crippen molar-refractivity contribution in [1.82, 2.24) is 5.32 Å². The lowest BCUT2D eigenvalue weighted by Gasteiger charge is -2.33. The van der Waals surface area contributed by atoms with E-state index in [4.69, 9.17) is 10.5 Å². The second-order valence-electron chi connectivity index (χ2n) is 2.58. The molecule has 3 N–H and O–H groups in total. The molecule has 1 heterocycles. The summed E-state index contributed by atoms with van der Waals surface area (Å²) in [6.45, 7) is 5.93.